The average molecular weight is 431 g/mol. The van der Waals surface area contributed by atoms with E-state index in [-0.39, 0.29) is 12.5 Å². The molecule has 0 aliphatic heterocycles. The van der Waals surface area contributed by atoms with Gasteiger partial charge in [-0.25, -0.2) is 4.79 Å². The molecule has 0 aliphatic carbocycles. The van der Waals surface area contributed by atoms with Crippen LogP contribution in [0, 0.1) is 11.3 Å². The monoisotopic (exact) mass is 430 g/mol. The van der Waals surface area contributed by atoms with E-state index in [2.05, 4.69) is 17.6 Å². The molecular formula is C23H34N4O4. The second-order valence-corrected chi connectivity index (χ2v) is 8.30. The lowest BCUT2D eigenvalue weighted by molar-refractivity contribution is -0.141. The highest BCUT2D eigenvalue weighted by atomic mass is 16.6. The van der Waals surface area contributed by atoms with Gasteiger partial charge in [0.15, 0.2) is 0 Å². The van der Waals surface area contributed by atoms with Crippen LogP contribution >= 0.6 is 0 Å². The quantitative estimate of drug-likeness (QED) is 0.437. The maximum Gasteiger partial charge on any atom is 0.408 e. The van der Waals surface area contributed by atoms with E-state index < -0.39 is 29.7 Å². The van der Waals surface area contributed by atoms with E-state index in [0.29, 0.717) is 12.1 Å². The highest BCUT2D eigenvalue weighted by Crippen LogP contribution is 2.22. The summed E-state index contributed by atoms with van der Waals surface area (Å²) in [6, 6.07) is 8.80. The van der Waals surface area contributed by atoms with Crippen molar-refractivity contribution in [1.82, 2.24) is 15.5 Å². The van der Waals surface area contributed by atoms with Crippen LogP contribution in [0.4, 0.5) is 4.79 Å². The molecule has 0 aliphatic rings. The number of nitrogens with zero attached hydrogens (tertiary/aromatic N) is 2. The number of rotatable bonds is 10. The fourth-order valence-electron chi connectivity index (χ4n) is 2.96. The molecule has 8 heteroatoms. The second kappa shape index (κ2) is 12.6. The Labute approximate surface area is 184 Å². The largest absolute Gasteiger partial charge is 0.444 e. The van der Waals surface area contributed by atoms with Crippen molar-refractivity contribution in [2.45, 2.75) is 71.6 Å². The van der Waals surface area contributed by atoms with E-state index in [0.717, 1.165) is 19.3 Å². The molecule has 0 aromatic heterocycles. The number of hydrogen-bond donors (Lipinski definition) is 2. The number of benzene rings is 1. The van der Waals surface area contributed by atoms with E-state index in [1.54, 1.807) is 45.0 Å². The Morgan fingerprint density at radius 1 is 1.16 bits per heavy atom. The van der Waals surface area contributed by atoms with Crippen LogP contribution in [0.2, 0.25) is 0 Å². The Morgan fingerprint density at radius 2 is 1.81 bits per heavy atom. The summed E-state index contributed by atoms with van der Waals surface area (Å²) in [5.74, 6) is -0.916. The average Bonchev–Trinajstić information content (AvgIpc) is 2.69. The van der Waals surface area contributed by atoms with E-state index in [1.807, 2.05) is 12.1 Å². The number of nitrogens with one attached hydrogen (secondary N) is 2. The first-order valence-electron chi connectivity index (χ1n) is 10.6. The topological polar surface area (TPSA) is 112 Å². The van der Waals surface area contributed by atoms with Gasteiger partial charge in [-0.15, -0.1) is 0 Å². The minimum Gasteiger partial charge on any atom is -0.444 e. The third-order valence-electron chi connectivity index (χ3n) is 4.38. The molecular weight excluding hydrogens is 396 g/mol. The zero-order chi connectivity index (χ0) is 23.4. The number of alkyl carbamates (subject to hydrolysis) is 1. The van der Waals surface area contributed by atoms with E-state index in [4.69, 9.17) is 4.74 Å². The van der Waals surface area contributed by atoms with Gasteiger partial charge in [-0.3, -0.25) is 9.59 Å². The van der Waals surface area contributed by atoms with Gasteiger partial charge in [0, 0.05) is 6.54 Å². The lowest BCUT2D eigenvalue weighted by atomic mass is 10.0. The first-order valence-corrected chi connectivity index (χ1v) is 10.6. The van der Waals surface area contributed by atoms with Gasteiger partial charge < -0.3 is 20.3 Å². The Hall–Kier alpha value is -3.08. The van der Waals surface area contributed by atoms with Gasteiger partial charge in [-0.1, -0.05) is 50.1 Å². The predicted octanol–water partition coefficient (Wildman–Crippen LogP) is 3.30. The number of unbranched alkanes of at least 4 members (excludes halogenated alkanes) is 2. The van der Waals surface area contributed by atoms with Gasteiger partial charge in [-0.2, -0.15) is 5.26 Å². The fourth-order valence-corrected chi connectivity index (χ4v) is 2.96. The summed E-state index contributed by atoms with van der Waals surface area (Å²) in [5.41, 5.74) is -0.131. The fraction of sp³-hybridized carbons (Fsp3) is 0.565. The summed E-state index contributed by atoms with van der Waals surface area (Å²) >= 11 is 0. The summed E-state index contributed by atoms with van der Waals surface area (Å²) in [5, 5.41) is 14.7. The summed E-state index contributed by atoms with van der Waals surface area (Å²) in [6.07, 6.45) is 2.08. The van der Waals surface area contributed by atoms with E-state index >= 15 is 0 Å². The van der Waals surface area contributed by atoms with Gasteiger partial charge in [0.2, 0.25) is 11.8 Å². The number of amides is 3. The van der Waals surface area contributed by atoms with Crippen molar-refractivity contribution >= 4 is 17.9 Å². The molecule has 170 valence electrons. The van der Waals surface area contributed by atoms with Crippen molar-refractivity contribution in [3.05, 3.63) is 35.9 Å². The van der Waals surface area contributed by atoms with Crippen molar-refractivity contribution in [3.63, 3.8) is 0 Å². The highest BCUT2D eigenvalue weighted by Gasteiger charge is 2.34. The first kappa shape index (κ1) is 26.0. The molecule has 0 radical (unpaired) electrons. The summed E-state index contributed by atoms with van der Waals surface area (Å²) in [6.45, 7) is 8.90. The number of carbonyl (C=O) groups excluding carboxylic acids is 3. The number of nitriles is 1. The van der Waals surface area contributed by atoms with E-state index in [9.17, 15) is 19.6 Å². The summed E-state index contributed by atoms with van der Waals surface area (Å²) < 4.78 is 5.20. The van der Waals surface area contributed by atoms with Crippen LogP contribution in [0.1, 0.15) is 65.5 Å². The minimum atomic E-state index is -0.988. The highest BCUT2D eigenvalue weighted by molar-refractivity contribution is 5.92. The maximum absolute atomic E-state index is 13.2. The van der Waals surface area contributed by atoms with Crippen LogP contribution in [0.3, 0.4) is 0 Å². The third kappa shape index (κ3) is 9.08. The summed E-state index contributed by atoms with van der Waals surface area (Å²) in [4.78, 5) is 39.5. The van der Waals surface area contributed by atoms with Gasteiger partial charge in [0.05, 0.1) is 6.07 Å². The van der Waals surface area contributed by atoms with Crippen LogP contribution in [0.5, 0.6) is 0 Å². The summed E-state index contributed by atoms with van der Waals surface area (Å²) in [7, 11) is 0. The van der Waals surface area contributed by atoms with Gasteiger partial charge in [-0.05, 0) is 39.7 Å². The molecule has 3 amide bonds. The van der Waals surface area contributed by atoms with Crippen LogP contribution in [-0.2, 0) is 14.3 Å². The number of ether oxygens (including phenoxy) is 1. The molecule has 31 heavy (non-hydrogen) atoms. The molecule has 8 nitrogen and oxygen atoms in total. The van der Waals surface area contributed by atoms with Crippen molar-refractivity contribution in [3.8, 4) is 6.07 Å². The Morgan fingerprint density at radius 3 is 2.35 bits per heavy atom. The molecule has 2 N–H and O–H groups in total. The van der Waals surface area contributed by atoms with Crippen molar-refractivity contribution in [2.75, 3.05) is 13.1 Å². The van der Waals surface area contributed by atoms with Crippen LogP contribution in [0.15, 0.2) is 30.3 Å². The molecule has 1 aromatic rings. The SMILES string of the molecule is CCCCCNC(=O)C(c1ccccc1)N(CC#N)C(=O)C(C)NC(=O)OC(C)(C)C. The molecule has 0 saturated carbocycles. The molecule has 0 saturated heterocycles. The molecule has 2 unspecified atom stereocenters. The maximum atomic E-state index is 13.2. The van der Waals surface area contributed by atoms with Crippen molar-refractivity contribution in [1.29, 1.82) is 5.26 Å². The van der Waals surface area contributed by atoms with Crippen LogP contribution in [0.25, 0.3) is 0 Å². The molecule has 1 rings (SSSR count). The Bertz CT molecular complexity index is 768. The van der Waals surface area contributed by atoms with Gasteiger partial charge in [0.25, 0.3) is 0 Å². The molecule has 0 heterocycles. The van der Waals surface area contributed by atoms with Crippen LogP contribution in [-0.4, -0.2) is 47.5 Å². The molecule has 0 bridgehead atoms. The standard InChI is InChI=1S/C23H34N4O4/c1-6-7-11-15-25-20(28)19(18-12-9-8-10-13-18)27(16-14-24)21(29)17(2)26-22(30)31-23(3,4)5/h8-10,12-13,17,19H,6-7,11,15-16H2,1-5H3,(H,25,28)(H,26,30). The van der Waals surface area contributed by atoms with Crippen molar-refractivity contribution < 1.29 is 19.1 Å². The zero-order valence-corrected chi connectivity index (χ0v) is 19.1. The Kier molecular flexibility index (Phi) is 10.5. The minimum absolute atomic E-state index is 0.304. The molecule has 0 fully saturated rings. The zero-order valence-electron chi connectivity index (χ0n) is 19.1. The van der Waals surface area contributed by atoms with Gasteiger partial charge in [0.1, 0.15) is 24.2 Å². The van der Waals surface area contributed by atoms with Gasteiger partial charge >= 0.3 is 6.09 Å². The normalized spacial score (nSPS) is 12.8. The molecule has 1 aromatic carbocycles. The number of hydrogen-bond acceptors (Lipinski definition) is 5. The predicted molar refractivity (Wildman–Crippen MR) is 118 cm³/mol. The second-order valence-electron chi connectivity index (χ2n) is 8.30. The van der Waals surface area contributed by atoms with Crippen LogP contribution < -0.4 is 10.6 Å². The smallest absolute Gasteiger partial charge is 0.408 e. The van der Waals surface area contributed by atoms with E-state index in [1.165, 1.54) is 11.8 Å². The lowest BCUT2D eigenvalue weighted by Gasteiger charge is -2.32. The first-order chi connectivity index (χ1) is 14.6. The molecule has 0 spiro atoms. The lowest BCUT2D eigenvalue weighted by Crippen LogP contribution is -2.52. The Balaban J connectivity index is 3.09. The molecule has 2 atom stereocenters. The third-order valence-corrected chi connectivity index (χ3v) is 4.38. The number of carbonyl (C=O) groups is 3. The van der Waals surface area contributed by atoms with Crippen molar-refractivity contribution in [2.24, 2.45) is 0 Å².